The predicted octanol–water partition coefficient (Wildman–Crippen LogP) is 6.27. The van der Waals surface area contributed by atoms with Gasteiger partial charge in [0.05, 0.1) is 0 Å². The highest BCUT2D eigenvalue weighted by molar-refractivity contribution is 6.30. The Labute approximate surface area is 134 Å². The summed E-state index contributed by atoms with van der Waals surface area (Å²) in [5, 5.41) is 3.98. The highest BCUT2D eigenvalue weighted by Gasteiger charge is 2.14. The minimum Gasteiger partial charge on any atom is -0.310 e. The lowest BCUT2D eigenvalue weighted by molar-refractivity contribution is 0.457. The van der Waals surface area contributed by atoms with Crippen LogP contribution in [-0.4, -0.2) is 6.54 Å². The zero-order valence-corrected chi connectivity index (χ0v) is 14.2. The number of unbranched alkanes of at least 4 members (excludes halogenated alkanes) is 6. The molecule has 0 heterocycles. The Kier molecular flexibility index (Phi) is 9.69. The van der Waals surface area contributed by atoms with Gasteiger partial charge in [-0.2, -0.15) is 0 Å². The Bertz CT molecular complexity index is 395. The Balaban J connectivity index is 2.41. The second-order valence-corrected chi connectivity index (χ2v) is 6.12. The van der Waals surface area contributed by atoms with Gasteiger partial charge in [-0.15, -0.1) is 0 Å². The first-order valence-electron chi connectivity index (χ1n) is 8.37. The Morgan fingerprint density at radius 3 is 2.38 bits per heavy atom. The van der Waals surface area contributed by atoms with Gasteiger partial charge in [0.25, 0.3) is 0 Å². The first-order chi connectivity index (χ1) is 10.2. The molecule has 1 unspecified atom stereocenters. The van der Waals surface area contributed by atoms with Gasteiger partial charge in [0.15, 0.2) is 0 Å². The Morgan fingerprint density at radius 1 is 1.05 bits per heavy atom. The summed E-state index contributed by atoms with van der Waals surface area (Å²) in [5.74, 6) is -0.159. The Hall–Kier alpha value is -0.600. The minimum atomic E-state index is -0.159. The van der Waals surface area contributed by atoms with Crippen LogP contribution in [-0.2, 0) is 0 Å². The van der Waals surface area contributed by atoms with Crippen molar-refractivity contribution in [3.63, 3.8) is 0 Å². The van der Waals surface area contributed by atoms with E-state index in [1.54, 1.807) is 12.1 Å². The van der Waals surface area contributed by atoms with Crippen molar-refractivity contribution in [2.75, 3.05) is 6.54 Å². The van der Waals surface area contributed by atoms with Crippen LogP contribution in [0.4, 0.5) is 4.39 Å². The first-order valence-corrected chi connectivity index (χ1v) is 8.75. The molecule has 0 saturated carbocycles. The van der Waals surface area contributed by atoms with Crippen LogP contribution in [0.1, 0.15) is 76.8 Å². The fraction of sp³-hybridized carbons (Fsp3) is 0.667. The fourth-order valence-corrected chi connectivity index (χ4v) is 2.88. The van der Waals surface area contributed by atoms with Crippen molar-refractivity contribution >= 4 is 11.6 Å². The maximum atomic E-state index is 14.0. The topological polar surface area (TPSA) is 12.0 Å². The largest absolute Gasteiger partial charge is 0.310 e. The highest BCUT2D eigenvalue weighted by atomic mass is 35.5. The molecule has 0 bridgehead atoms. The van der Waals surface area contributed by atoms with Gasteiger partial charge in [0.1, 0.15) is 5.82 Å². The summed E-state index contributed by atoms with van der Waals surface area (Å²) >= 11 is 6.00. The molecule has 0 saturated heterocycles. The van der Waals surface area contributed by atoms with Crippen LogP contribution in [0.15, 0.2) is 18.2 Å². The molecule has 1 aromatic carbocycles. The minimum absolute atomic E-state index is 0.0735. The van der Waals surface area contributed by atoms with Crippen LogP contribution < -0.4 is 5.32 Å². The molecule has 0 fully saturated rings. The summed E-state index contributed by atoms with van der Waals surface area (Å²) in [6.45, 7) is 5.13. The van der Waals surface area contributed by atoms with E-state index < -0.39 is 0 Å². The van der Waals surface area contributed by atoms with Crippen molar-refractivity contribution in [1.82, 2.24) is 5.32 Å². The Morgan fingerprint density at radius 2 is 1.71 bits per heavy atom. The van der Waals surface area contributed by atoms with Gasteiger partial charge in [-0.3, -0.25) is 0 Å². The number of rotatable bonds is 11. The summed E-state index contributed by atoms with van der Waals surface area (Å²) in [7, 11) is 0. The maximum absolute atomic E-state index is 14.0. The molecule has 1 nitrogen and oxygen atoms in total. The summed E-state index contributed by atoms with van der Waals surface area (Å²) in [5.41, 5.74) is 0.704. The van der Waals surface area contributed by atoms with E-state index in [1.165, 1.54) is 44.6 Å². The summed E-state index contributed by atoms with van der Waals surface area (Å²) in [6.07, 6.45) is 9.92. The average molecular weight is 314 g/mol. The van der Waals surface area contributed by atoms with Gasteiger partial charge in [-0.05, 0) is 31.2 Å². The molecule has 0 aliphatic carbocycles. The average Bonchev–Trinajstić information content (AvgIpc) is 2.48. The van der Waals surface area contributed by atoms with Crippen LogP contribution >= 0.6 is 11.6 Å². The molecular weight excluding hydrogens is 285 g/mol. The van der Waals surface area contributed by atoms with Gasteiger partial charge < -0.3 is 5.32 Å². The van der Waals surface area contributed by atoms with Gasteiger partial charge >= 0.3 is 0 Å². The lowest BCUT2D eigenvalue weighted by Gasteiger charge is -2.19. The molecule has 0 amide bonds. The number of hydrogen-bond donors (Lipinski definition) is 1. The van der Waals surface area contributed by atoms with E-state index in [-0.39, 0.29) is 11.9 Å². The van der Waals surface area contributed by atoms with Gasteiger partial charge in [0, 0.05) is 16.6 Å². The molecule has 0 aliphatic heterocycles. The van der Waals surface area contributed by atoms with E-state index >= 15 is 0 Å². The zero-order chi connectivity index (χ0) is 15.5. The quantitative estimate of drug-likeness (QED) is 0.475. The number of nitrogens with one attached hydrogen (secondary N) is 1. The van der Waals surface area contributed by atoms with Gasteiger partial charge in [-0.1, -0.05) is 70.4 Å². The van der Waals surface area contributed by atoms with E-state index in [9.17, 15) is 4.39 Å². The van der Waals surface area contributed by atoms with Crippen LogP contribution in [0.5, 0.6) is 0 Å². The third-order valence-corrected chi connectivity index (χ3v) is 4.12. The zero-order valence-electron chi connectivity index (χ0n) is 13.4. The monoisotopic (exact) mass is 313 g/mol. The normalized spacial score (nSPS) is 12.6. The second-order valence-electron chi connectivity index (χ2n) is 5.69. The molecular formula is C18H29ClFN. The van der Waals surface area contributed by atoms with Crippen molar-refractivity contribution in [2.24, 2.45) is 0 Å². The third kappa shape index (κ3) is 7.28. The first kappa shape index (κ1) is 18.4. The van der Waals surface area contributed by atoms with Crippen molar-refractivity contribution in [3.05, 3.63) is 34.6 Å². The lowest BCUT2D eigenvalue weighted by atomic mass is 9.99. The van der Waals surface area contributed by atoms with Crippen LogP contribution in [0.3, 0.4) is 0 Å². The summed E-state index contributed by atoms with van der Waals surface area (Å²) < 4.78 is 14.0. The number of halogens is 2. The van der Waals surface area contributed by atoms with Gasteiger partial charge in [0.2, 0.25) is 0 Å². The molecule has 1 N–H and O–H groups in total. The molecule has 1 aromatic rings. The van der Waals surface area contributed by atoms with E-state index in [4.69, 9.17) is 11.6 Å². The maximum Gasteiger partial charge on any atom is 0.128 e. The predicted molar refractivity (Wildman–Crippen MR) is 90.4 cm³/mol. The molecule has 0 aliphatic rings. The summed E-state index contributed by atoms with van der Waals surface area (Å²) in [6, 6.07) is 4.90. The van der Waals surface area contributed by atoms with E-state index in [2.05, 4.69) is 19.2 Å². The lowest BCUT2D eigenvalue weighted by Crippen LogP contribution is -2.22. The van der Waals surface area contributed by atoms with Crippen LogP contribution in [0.25, 0.3) is 0 Å². The van der Waals surface area contributed by atoms with Crippen molar-refractivity contribution in [1.29, 1.82) is 0 Å². The molecule has 21 heavy (non-hydrogen) atoms. The molecule has 120 valence electrons. The van der Waals surface area contributed by atoms with Crippen molar-refractivity contribution in [2.45, 2.75) is 71.3 Å². The van der Waals surface area contributed by atoms with Crippen LogP contribution in [0.2, 0.25) is 5.02 Å². The molecule has 3 heteroatoms. The van der Waals surface area contributed by atoms with Crippen molar-refractivity contribution < 1.29 is 4.39 Å². The third-order valence-electron chi connectivity index (χ3n) is 3.88. The molecule has 0 radical (unpaired) electrons. The van der Waals surface area contributed by atoms with E-state index in [1.807, 2.05) is 0 Å². The van der Waals surface area contributed by atoms with Crippen molar-refractivity contribution in [3.8, 4) is 0 Å². The standard InChI is InChI=1S/C18H29ClFN/c1-3-5-6-7-8-9-10-11-18(21-4-2)16-14-15(19)12-13-17(16)20/h12-14,18,21H,3-11H2,1-2H3. The fourth-order valence-electron chi connectivity index (χ4n) is 2.70. The number of hydrogen-bond acceptors (Lipinski definition) is 1. The number of benzene rings is 1. The van der Waals surface area contributed by atoms with Gasteiger partial charge in [-0.25, -0.2) is 4.39 Å². The molecule has 1 rings (SSSR count). The van der Waals surface area contributed by atoms with E-state index in [0.717, 1.165) is 19.4 Å². The molecule has 0 spiro atoms. The highest BCUT2D eigenvalue weighted by Crippen LogP contribution is 2.25. The molecule has 0 aromatic heterocycles. The molecule has 1 atom stereocenters. The van der Waals surface area contributed by atoms with Crippen LogP contribution in [0, 0.1) is 5.82 Å². The smallest absolute Gasteiger partial charge is 0.128 e. The summed E-state index contributed by atoms with van der Waals surface area (Å²) in [4.78, 5) is 0. The van der Waals surface area contributed by atoms with E-state index in [0.29, 0.717) is 10.6 Å². The SMILES string of the molecule is CCCCCCCCCC(NCC)c1cc(Cl)ccc1F. The second kappa shape index (κ2) is 11.0.